The van der Waals surface area contributed by atoms with Gasteiger partial charge in [0.2, 0.25) is 0 Å². The molecule has 0 unspecified atom stereocenters. The Morgan fingerprint density at radius 3 is 2.86 bits per heavy atom. The second-order valence-electron chi connectivity index (χ2n) is 4.00. The molecule has 1 aromatic rings. The van der Waals surface area contributed by atoms with Crippen LogP contribution in [0.25, 0.3) is 0 Å². The molecule has 0 radical (unpaired) electrons. The summed E-state index contributed by atoms with van der Waals surface area (Å²) in [5, 5.41) is 3.41. The van der Waals surface area contributed by atoms with E-state index >= 15 is 0 Å². The zero-order chi connectivity index (χ0) is 9.97. The van der Waals surface area contributed by atoms with Crippen LogP contribution in [0, 0.1) is 0 Å². The number of aromatic nitrogens is 1. The van der Waals surface area contributed by atoms with Gasteiger partial charge in [-0.1, -0.05) is 13.8 Å². The Balaban J connectivity index is 2.05. The van der Waals surface area contributed by atoms with Gasteiger partial charge in [0.1, 0.15) is 0 Å². The molecule has 2 heterocycles. The lowest BCUT2D eigenvalue weighted by Crippen LogP contribution is -2.40. The number of nitrogens with one attached hydrogen (secondary N) is 1. The van der Waals surface area contributed by atoms with Gasteiger partial charge in [0.15, 0.2) is 0 Å². The predicted octanol–water partition coefficient (Wildman–Crippen LogP) is 2.02. The maximum atomic E-state index is 5.11. The van der Waals surface area contributed by atoms with Crippen molar-refractivity contribution in [1.29, 1.82) is 0 Å². The van der Waals surface area contributed by atoms with Crippen molar-refractivity contribution < 1.29 is 4.74 Å². The van der Waals surface area contributed by atoms with Crippen molar-refractivity contribution in [3.05, 3.63) is 24.0 Å². The highest BCUT2D eigenvalue weighted by molar-refractivity contribution is 5.45. The van der Waals surface area contributed by atoms with E-state index in [0.29, 0.717) is 12.0 Å². The highest BCUT2D eigenvalue weighted by Gasteiger charge is 2.17. The van der Waals surface area contributed by atoms with Crippen molar-refractivity contribution in [2.75, 3.05) is 18.5 Å². The number of ether oxygens (including phenoxy) is 1. The van der Waals surface area contributed by atoms with Crippen LogP contribution in [0.5, 0.6) is 0 Å². The molecule has 0 aromatic carbocycles. The molecule has 0 bridgehead atoms. The second kappa shape index (κ2) is 3.96. The molecule has 1 saturated heterocycles. The average Bonchev–Trinajstić information content (AvgIpc) is 2.12. The molecule has 1 fully saturated rings. The van der Waals surface area contributed by atoms with Crippen LogP contribution < -0.4 is 5.32 Å². The highest BCUT2D eigenvalue weighted by Crippen LogP contribution is 2.17. The number of anilines is 1. The van der Waals surface area contributed by atoms with E-state index < -0.39 is 0 Å². The summed E-state index contributed by atoms with van der Waals surface area (Å²) >= 11 is 0. The third-order valence-corrected chi connectivity index (χ3v) is 2.38. The first kappa shape index (κ1) is 9.46. The number of rotatable bonds is 3. The lowest BCUT2D eigenvalue weighted by molar-refractivity contribution is 0.0211. The molecule has 14 heavy (non-hydrogen) atoms. The fourth-order valence-electron chi connectivity index (χ4n) is 1.41. The summed E-state index contributed by atoms with van der Waals surface area (Å²) in [6.07, 6.45) is 1.86. The van der Waals surface area contributed by atoms with E-state index in [1.54, 1.807) is 0 Å². The molecule has 1 N–H and O–H groups in total. The van der Waals surface area contributed by atoms with Gasteiger partial charge in [-0.05, 0) is 18.1 Å². The lowest BCUT2D eigenvalue weighted by atomic mass is 10.1. The van der Waals surface area contributed by atoms with E-state index in [2.05, 4.69) is 30.2 Å². The maximum Gasteiger partial charge on any atom is 0.0728 e. The van der Waals surface area contributed by atoms with Crippen LogP contribution in [0.1, 0.15) is 25.5 Å². The molecule has 76 valence electrons. The van der Waals surface area contributed by atoms with Crippen molar-refractivity contribution in [3.63, 3.8) is 0 Å². The van der Waals surface area contributed by atoms with Crippen LogP contribution in [0.2, 0.25) is 0 Å². The van der Waals surface area contributed by atoms with Gasteiger partial charge < -0.3 is 10.1 Å². The summed E-state index contributed by atoms with van der Waals surface area (Å²) in [4.78, 5) is 4.32. The monoisotopic (exact) mass is 192 g/mol. The molecular formula is C11H16N2O. The van der Waals surface area contributed by atoms with Gasteiger partial charge in [0.25, 0.3) is 0 Å². The summed E-state index contributed by atoms with van der Waals surface area (Å²) in [5.74, 6) is 0.481. The first-order valence-corrected chi connectivity index (χ1v) is 5.06. The van der Waals surface area contributed by atoms with Crippen LogP contribution in [0.4, 0.5) is 5.69 Å². The van der Waals surface area contributed by atoms with Gasteiger partial charge >= 0.3 is 0 Å². The molecule has 0 saturated carbocycles. The first-order chi connectivity index (χ1) is 6.75. The molecule has 1 aliphatic heterocycles. The summed E-state index contributed by atoms with van der Waals surface area (Å²) in [7, 11) is 0. The summed E-state index contributed by atoms with van der Waals surface area (Å²) < 4.78 is 5.11. The lowest BCUT2D eigenvalue weighted by Gasteiger charge is -2.28. The van der Waals surface area contributed by atoms with Gasteiger partial charge in [0, 0.05) is 17.6 Å². The molecule has 3 nitrogen and oxygen atoms in total. The quantitative estimate of drug-likeness (QED) is 0.795. The van der Waals surface area contributed by atoms with Gasteiger partial charge in [-0.25, -0.2) is 0 Å². The largest absolute Gasteiger partial charge is 0.378 e. The van der Waals surface area contributed by atoms with Gasteiger partial charge in [-0.2, -0.15) is 0 Å². The van der Waals surface area contributed by atoms with Crippen LogP contribution >= 0.6 is 0 Å². The van der Waals surface area contributed by atoms with E-state index in [0.717, 1.165) is 24.6 Å². The second-order valence-corrected chi connectivity index (χ2v) is 4.00. The number of hydrogen-bond acceptors (Lipinski definition) is 3. The van der Waals surface area contributed by atoms with Crippen molar-refractivity contribution in [1.82, 2.24) is 4.98 Å². The third-order valence-electron chi connectivity index (χ3n) is 2.38. The number of nitrogens with zero attached hydrogens (tertiary/aromatic N) is 1. The van der Waals surface area contributed by atoms with E-state index in [1.165, 1.54) is 0 Å². The van der Waals surface area contributed by atoms with Crippen LogP contribution in [-0.4, -0.2) is 24.2 Å². The summed E-state index contributed by atoms with van der Waals surface area (Å²) in [6, 6.07) is 4.60. The molecule has 0 spiro atoms. The average molecular weight is 192 g/mol. The molecule has 0 aliphatic carbocycles. The Bertz CT molecular complexity index is 308. The fraction of sp³-hybridized carbons (Fsp3) is 0.545. The van der Waals surface area contributed by atoms with Crippen LogP contribution in [0.3, 0.4) is 0 Å². The molecule has 0 amide bonds. The Labute approximate surface area is 84.5 Å². The fourth-order valence-corrected chi connectivity index (χ4v) is 1.41. The molecule has 1 aromatic heterocycles. The molecule has 3 heteroatoms. The van der Waals surface area contributed by atoms with Crippen LogP contribution in [-0.2, 0) is 4.74 Å². The molecule has 1 aliphatic rings. The van der Waals surface area contributed by atoms with Crippen molar-refractivity contribution in [2.45, 2.75) is 25.8 Å². The zero-order valence-electron chi connectivity index (χ0n) is 8.66. The molecule has 0 atom stereocenters. The zero-order valence-corrected chi connectivity index (χ0v) is 8.66. The smallest absolute Gasteiger partial charge is 0.0728 e. The first-order valence-electron chi connectivity index (χ1n) is 5.06. The van der Waals surface area contributed by atoms with E-state index in [1.807, 2.05) is 12.3 Å². The summed E-state index contributed by atoms with van der Waals surface area (Å²) in [6.45, 7) is 5.94. The number of hydrogen-bond donors (Lipinski definition) is 1. The molecule has 2 rings (SSSR count). The standard InChI is InChI=1S/C11H16N2O/c1-8(2)11-5-9(3-4-12-11)13-10-6-14-7-10/h3-5,8,10H,6-7H2,1-2H3,(H,12,13). The summed E-state index contributed by atoms with van der Waals surface area (Å²) in [5.41, 5.74) is 2.28. The highest BCUT2D eigenvalue weighted by atomic mass is 16.5. The topological polar surface area (TPSA) is 34.1 Å². The van der Waals surface area contributed by atoms with Crippen molar-refractivity contribution >= 4 is 5.69 Å². The van der Waals surface area contributed by atoms with Crippen LogP contribution in [0.15, 0.2) is 18.3 Å². The molecular weight excluding hydrogens is 176 g/mol. The SMILES string of the molecule is CC(C)c1cc(NC2COC2)ccn1. The Morgan fingerprint density at radius 2 is 2.29 bits per heavy atom. The minimum Gasteiger partial charge on any atom is -0.378 e. The van der Waals surface area contributed by atoms with E-state index in [-0.39, 0.29) is 0 Å². The Kier molecular flexibility index (Phi) is 2.68. The van der Waals surface area contributed by atoms with E-state index in [9.17, 15) is 0 Å². The van der Waals surface area contributed by atoms with Crippen molar-refractivity contribution in [3.8, 4) is 0 Å². The normalized spacial score (nSPS) is 16.8. The third kappa shape index (κ3) is 2.04. The van der Waals surface area contributed by atoms with E-state index in [4.69, 9.17) is 4.74 Å². The predicted molar refractivity (Wildman–Crippen MR) is 56.6 cm³/mol. The van der Waals surface area contributed by atoms with Crippen molar-refractivity contribution in [2.24, 2.45) is 0 Å². The number of pyridine rings is 1. The Morgan fingerprint density at radius 1 is 1.50 bits per heavy atom. The van der Waals surface area contributed by atoms with Gasteiger partial charge in [0.05, 0.1) is 19.3 Å². The minimum absolute atomic E-state index is 0.481. The minimum atomic E-state index is 0.481. The van der Waals surface area contributed by atoms with Gasteiger partial charge in [-0.15, -0.1) is 0 Å². The van der Waals surface area contributed by atoms with Gasteiger partial charge in [-0.3, -0.25) is 4.98 Å². The Hall–Kier alpha value is -1.09. The maximum absolute atomic E-state index is 5.11.